The Morgan fingerprint density at radius 1 is 1.20 bits per heavy atom. The number of ether oxygens (including phenoxy) is 1. The van der Waals surface area contributed by atoms with E-state index in [0.717, 1.165) is 12.1 Å². The van der Waals surface area contributed by atoms with E-state index in [4.69, 9.17) is 4.74 Å². The molecule has 1 N–H and O–H groups in total. The van der Waals surface area contributed by atoms with Crippen LogP contribution in [0.5, 0.6) is 0 Å². The van der Waals surface area contributed by atoms with E-state index >= 15 is 0 Å². The Balaban J connectivity index is 1.92. The van der Waals surface area contributed by atoms with Crippen LogP contribution in [0.4, 0.5) is 13.6 Å². The molecule has 1 aliphatic rings. The number of amides is 2. The van der Waals surface area contributed by atoms with Gasteiger partial charge in [-0.2, -0.15) is 0 Å². The second-order valence-electron chi connectivity index (χ2n) is 7.19. The first-order valence-electron chi connectivity index (χ1n) is 8.39. The third kappa shape index (κ3) is 5.69. The topological polar surface area (TPSA) is 58.6 Å². The molecule has 2 amide bonds. The zero-order valence-electron chi connectivity index (χ0n) is 14.8. The third-order valence-corrected chi connectivity index (χ3v) is 3.89. The summed E-state index contributed by atoms with van der Waals surface area (Å²) in [6.45, 7) is 6.42. The van der Waals surface area contributed by atoms with Gasteiger partial charge < -0.3 is 15.0 Å². The molecule has 0 aliphatic carbocycles. The highest BCUT2D eigenvalue weighted by atomic mass is 19.1. The molecule has 0 radical (unpaired) electrons. The largest absolute Gasteiger partial charge is 0.444 e. The molecule has 1 heterocycles. The van der Waals surface area contributed by atoms with Gasteiger partial charge in [-0.1, -0.05) is 0 Å². The molecule has 2 rings (SSSR count). The van der Waals surface area contributed by atoms with Crippen LogP contribution in [-0.2, 0) is 4.74 Å². The zero-order chi connectivity index (χ0) is 18.6. The third-order valence-electron chi connectivity index (χ3n) is 3.89. The van der Waals surface area contributed by atoms with E-state index in [2.05, 4.69) is 5.32 Å². The molecule has 1 unspecified atom stereocenters. The van der Waals surface area contributed by atoms with E-state index in [9.17, 15) is 18.4 Å². The van der Waals surface area contributed by atoms with Gasteiger partial charge in [0.05, 0.1) is 5.56 Å². The number of nitrogens with zero attached hydrogens (tertiary/aromatic N) is 1. The second kappa shape index (κ2) is 7.80. The Morgan fingerprint density at radius 3 is 2.56 bits per heavy atom. The number of carbonyl (C=O) groups is 2. The van der Waals surface area contributed by atoms with Gasteiger partial charge in [-0.25, -0.2) is 13.6 Å². The van der Waals surface area contributed by atoms with Crippen molar-refractivity contribution >= 4 is 12.0 Å². The summed E-state index contributed by atoms with van der Waals surface area (Å²) in [5.74, 6) is -2.19. The van der Waals surface area contributed by atoms with E-state index in [1.165, 1.54) is 0 Å². The van der Waals surface area contributed by atoms with Crippen molar-refractivity contribution in [2.45, 2.75) is 51.7 Å². The van der Waals surface area contributed by atoms with Crippen molar-refractivity contribution in [2.75, 3.05) is 13.1 Å². The van der Waals surface area contributed by atoms with Crippen molar-refractivity contribution in [1.29, 1.82) is 0 Å². The van der Waals surface area contributed by atoms with Crippen LogP contribution in [0.25, 0.3) is 0 Å². The van der Waals surface area contributed by atoms with E-state index in [1.807, 2.05) is 20.8 Å². The maximum atomic E-state index is 13.7. The van der Waals surface area contributed by atoms with Gasteiger partial charge in [0.1, 0.15) is 17.2 Å². The van der Waals surface area contributed by atoms with E-state index in [1.54, 1.807) is 4.90 Å². The number of nitrogens with one attached hydrogen (secondary N) is 1. The molecule has 1 atom stereocenters. The van der Waals surface area contributed by atoms with E-state index in [0.29, 0.717) is 38.4 Å². The average Bonchev–Trinajstić information content (AvgIpc) is 2.71. The number of carbonyl (C=O) groups excluding carboxylic acids is 2. The molecule has 0 spiro atoms. The summed E-state index contributed by atoms with van der Waals surface area (Å²) >= 11 is 0. The predicted molar refractivity (Wildman–Crippen MR) is 89.3 cm³/mol. The summed E-state index contributed by atoms with van der Waals surface area (Å²) < 4.78 is 32.0. The molecule has 0 aromatic heterocycles. The minimum atomic E-state index is -0.887. The van der Waals surface area contributed by atoms with Crippen molar-refractivity contribution in [1.82, 2.24) is 10.2 Å². The first kappa shape index (κ1) is 19.1. The molecular weight excluding hydrogens is 330 g/mol. The number of hydrogen-bond acceptors (Lipinski definition) is 3. The molecule has 0 bridgehead atoms. The van der Waals surface area contributed by atoms with Crippen LogP contribution in [0.15, 0.2) is 18.2 Å². The predicted octanol–water partition coefficient (Wildman–Crippen LogP) is 3.48. The van der Waals surface area contributed by atoms with Crippen molar-refractivity contribution in [3.8, 4) is 0 Å². The standard InChI is InChI=1S/C18H24F2N2O3/c1-18(2,3)25-17(24)22-9-4-5-13(8-10-22)21-16(23)14-7-6-12(19)11-15(14)20/h6-7,11,13H,4-5,8-10H2,1-3H3,(H,21,23). The van der Waals surface area contributed by atoms with Gasteiger partial charge in [0.2, 0.25) is 0 Å². The molecule has 1 aromatic carbocycles. The van der Waals surface area contributed by atoms with Crippen molar-refractivity contribution < 1.29 is 23.1 Å². The Kier molecular flexibility index (Phi) is 5.98. The van der Waals surface area contributed by atoms with Gasteiger partial charge in [-0.05, 0) is 52.2 Å². The Bertz CT molecular complexity index is 644. The fraction of sp³-hybridized carbons (Fsp3) is 0.556. The lowest BCUT2D eigenvalue weighted by atomic mass is 10.1. The molecule has 1 aliphatic heterocycles. The summed E-state index contributed by atoms with van der Waals surface area (Å²) in [5, 5.41) is 2.76. The average molecular weight is 354 g/mol. The van der Waals surface area contributed by atoms with Crippen LogP contribution >= 0.6 is 0 Å². The number of rotatable bonds is 2. The summed E-state index contributed by atoms with van der Waals surface area (Å²) in [6, 6.07) is 2.69. The van der Waals surface area contributed by atoms with E-state index in [-0.39, 0.29) is 17.7 Å². The zero-order valence-corrected chi connectivity index (χ0v) is 14.8. The second-order valence-corrected chi connectivity index (χ2v) is 7.19. The maximum absolute atomic E-state index is 13.7. The van der Waals surface area contributed by atoms with Gasteiger partial charge in [0.15, 0.2) is 0 Å². The fourth-order valence-corrected chi connectivity index (χ4v) is 2.69. The molecule has 1 fully saturated rings. The Labute approximate surface area is 146 Å². The summed E-state index contributed by atoms with van der Waals surface area (Å²) in [6.07, 6.45) is 1.56. The normalized spacial score (nSPS) is 18.4. The van der Waals surface area contributed by atoms with Gasteiger partial charge in [-0.15, -0.1) is 0 Å². The number of benzene rings is 1. The van der Waals surface area contributed by atoms with Gasteiger partial charge in [0, 0.05) is 25.2 Å². The van der Waals surface area contributed by atoms with Crippen LogP contribution in [-0.4, -0.2) is 41.6 Å². The highest BCUT2D eigenvalue weighted by molar-refractivity contribution is 5.94. The first-order chi connectivity index (χ1) is 11.7. The van der Waals surface area contributed by atoms with Crippen LogP contribution in [0.3, 0.4) is 0 Å². The lowest BCUT2D eigenvalue weighted by Crippen LogP contribution is -2.39. The number of likely N-dealkylation sites (tertiary alicyclic amines) is 1. The lowest BCUT2D eigenvalue weighted by Gasteiger charge is -2.26. The van der Waals surface area contributed by atoms with Crippen LogP contribution in [0, 0.1) is 11.6 Å². The number of hydrogen-bond donors (Lipinski definition) is 1. The quantitative estimate of drug-likeness (QED) is 0.884. The molecule has 1 saturated heterocycles. The van der Waals surface area contributed by atoms with Crippen molar-refractivity contribution in [3.63, 3.8) is 0 Å². The van der Waals surface area contributed by atoms with Crippen molar-refractivity contribution in [2.24, 2.45) is 0 Å². The van der Waals surface area contributed by atoms with Crippen LogP contribution < -0.4 is 5.32 Å². The smallest absolute Gasteiger partial charge is 0.410 e. The molecule has 5 nitrogen and oxygen atoms in total. The van der Waals surface area contributed by atoms with Gasteiger partial charge in [0.25, 0.3) is 5.91 Å². The Hall–Kier alpha value is -2.18. The van der Waals surface area contributed by atoms with Gasteiger partial charge >= 0.3 is 6.09 Å². The minimum Gasteiger partial charge on any atom is -0.444 e. The minimum absolute atomic E-state index is 0.176. The van der Waals surface area contributed by atoms with Crippen LogP contribution in [0.2, 0.25) is 0 Å². The summed E-state index contributed by atoms with van der Waals surface area (Å²) in [5.41, 5.74) is -0.744. The van der Waals surface area contributed by atoms with E-state index < -0.39 is 23.1 Å². The van der Waals surface area contributed by atoms with Crippen molar-refractivity contribution in [3.05, 3.63) is 35.4 Å². The molecule has 138 valence electrons. The van der Waals surface area contributed by atoms with Crippen LogP contribution in [0.1, 0.15) is 50.4 Å². The lowest BCUT2D eigenvalue weighted by molar-refractivity contribution is 0.0256. The Morgan fingerprint density at radius 2 is 1.92 bits per heavy atom. The number of halogens is 2. The molecule has 1 aromatic rings. The molecule has 7 heteroatoms. The summed E-state index contributed by atoms with van der Waals surface area (Å²) in [7, 11) is 0. The fourth-order valence-electron chi connectivity index (χ4n) is 2.69. The molecular formula is C18H24F2N2O3. The maximum Gasteiger partial charge on any atom is 0.410 e. The highest BCUT2D eigenvalue weighted by Gasteiger charge is 2.26. The van der Waals surface area contributed by atoms with Gasteiger partial charge in [-0.3, -0.25) is 4.79 Å². The summed E-state index contributed by atoms with van der Waals surface area (Å²) in [4.78, 5) is 25.9. The first-order valence-corrected chi connectivity index (χ1v) is 8.39. The highest BCUT2D eigenvalue weighted by Crippen LogP contribution is 2.17. The monoisotopic (exact) mass is 354 g/mol. The molecule has 25 heavy (non-hydrogen) atoms. The molecule has 0 saturated carbocycles. The SMILES string of the molecule is CC(C)(C)OC(=O)N1CCCC(NC(=O)c2ccc(F)cc2F)CC1.